The minimum Gasteiger partial charge on any atom is -0.361 e. The van der Waals surface area contributed by atoms with E-state index in [9.17, 15) is 9.59 Å². The number of carbonyl (C=O) groups excluding carboxylic acids is 2. The molecule has 1 atom stereocenters. The zero-order valence-electron chi connectivity index (χ0n) is 17.4. The third kappa shape index (κ3) is 4.42. The van der Waals surface area contributed by atoms with Gasteiger partial charge in [-0.1, -0.05) is 61.8 Å². The summed E-state index contributed by atoms with van der Waals surface area (Å²) in [4.78, 5) is 27.7. The van der Waals surface area contributed by atoms with Gasteiger partial charge in [0.15, 0.2) is 0 Å². The summed E-state index contributed by atoms with van der Waals surface area (Å²) >= 11 is 6.15. The van der Waals surface area contributed by atoms with E-state index in [1.807, 2.05) is 53.4 Å². The van der Waals surface area contributed by atoms with Gasteiger partial charge in [0.05, 0.1) is 16.1 Å². The highest BCUT2D eigenvalue weighted by Crippen LogP contribution is 2.34. The molecule has 158 valence electrons. The van der Waals surface area contributed by atoms with Crippen molar-refractivity contribution in [2.45, 2.75) is 20.0 Å². The molecule has 0 aromatic heterocycles. The van der Waals surface area contributed by atoms with Crippen LogP contribution < -0.4 is 10.6 Å². The molecule has 0 saturated carbocycles. The fourth-order valence-corrected chi connectivity index (χ4v) is 3.99. The van der Waals surface area contributed by atoms with Gasteiger partial charge in [-0.25, -0.2) is 0 Å². The first-order valence-electron chi connectivity index (χ1n) is 10.3. The minimum absolute atomic E-state index is 0.00134. The molecule has 5 nitrogen and oxygen atoms in total. The monoisotopic (exact) mass is 433 g/mol. The number of hydrogen-bond acceptors (Lipinski definition) is 3. The fraction of sp³-hybridized carbons (Fsp3) is 0.200. The van der Waals surface area contributed by atoms with Crippen LogP contribution >= 0.6 is 11.6 Å². The molecule has 2 N–H and O–H groups in total. The topological polar surface area (TPSA) is 61.4 Å². The molecule has 3 aromatic carbocycles. The molecule has 0 bridgehead atoms. The predicted octanol–water partition coefficient (Wildman–Crippen LogP) is 5.81. The Morgan fingerprint density at radius 1 is 1.06 bits per heavy atom. The first-order chi connectivity index (χ1) is 14.9. The molecule has 1 aliphatic rings. The van der Waals surface area contributed by atoms with E-state index in [2.05, 4.69) is 24.5 Å². The van der Waals surface area contributed by atoms with E-state index in [4.69, 9.17) is 11.6 Å². The number of nitrogens with zero attached hydrogens (tertiary/aromatic N) is 1. The summed E-state index contributed by atoms with van der Waals surface area (Å²) in [6, 6.07) is 22.0. The smallest absolute Gasteiger partial charge is 0.257 e. The molecule has 0 fully saturated rings. The maximum absolute atomic E-state index is 13.2. The highest BCUT2D eigenvalue weighted by Gasteiger charge is 2.33. The number of carbonyl (C=O) groups is 2. The summed E-state index contributed by atoms with van der Waals surface area (Å²) in [5.41, 5.74) is 3.42. The number of benzene rings is 3. The van der Waals surface area contributed by atoms with Crippen molar-refractivity contribution in [1.82, 2.24) is 4.90 Å². The number of rotatable bonds is 5. The largest absolute Gasteiger partial charge is 0.361 e. The van der Waals surface area contributed by atoms with Gasteiger partial charge >= 0.3 is 0 Å². The first kappa shape index (κ1) is 20.9. The van der Waals surface area contributed by atoms with Gasteiger partial charge in [0.2, 0.25) is 0 Å². The SMILES string of the molecule is CC(C)CN1C(=O)c2ccccc2NC1c1cccc(NC(=O)c2ccccc2Cl)c1. The normalized spacial score (nSPS) is 15.4. The van der Waals surface area contributed by atoms with Gasteiger partial charge in [0, 0.05) is 17.9 Å². The standard InChI is InChI=1S/C25H24ClN3O2/c1-16(2)15-29-23(28-22-13-6-4-11-20(22)25(29)31)17-8-7-9-18(14-17)27-24(30)19-10-3-5-12-21(19)26/h3-14,16,23,28H,15H2,1-2H3,(H,27,30). The number of hydrogen-bond donors (Lipinski definition) is 2. The van der Waals surface area contributed by atoms with E-state index in [-0.39, 0.29) is 18.0 Å². The lowest BCUT2D eigenvalue weighted by atomic mass is 10.0. The van der Waals surface area contributed by atoms with Crippen LogP contribution in [0.5, 0.6) is 0 Å². The van der Waals surface area contributed by atoms with Crippen LogP contribution in [0.2, 0.25) is 5.02 Å². The lowest BCUT2D eigenvalue weighted by Gasteiger charge is -2.39. The van der Waals surface area contributed by atoms with Crippen LogP contribution in [0.25, 0.3) is 0 Å². The second kappa shape index (κ2) is 8.82. The van der Waals surface area contributed by atoms with Gasteiger partial charge in [0.1, 0.15) is 6.17 Å². The highest BCUT2D eigenvalue weighted by molar-refractivity contribution is 6.34. The second-order valence-electron chi connectivity index (χ2n) is 8.00. The van der Waals surface area contributed by atoms with Crippen molar-refractivity contribution in [1.29, 1.82) is 0 Å². The quantitative estimate of drug-likeness (QED) is 0.533. The van der Waals surface area contributed by atoms with Gasteiger partial charge in [-0.05, 0) is 47.9 Å². The summed E-state index contributed by atoms with van der Waals surface area (Å²) in [5, 5.41) is 6.80. The molecule has 1 aliphatic heterocycles. The Balaban J connectivity index is 1.64. The molecule has 0 spiro atoms. The van der Waals surface area contributed by atoms with Crippen LogP contribution in [0.1, 0.15) is 46.3 Å². The van der Waals surface area contributed by atoms with Gasteiger partial charge in [-0.2, -0.15) is 0 Å². The minimum atomic E-state index is -0.332. The third-order valence-corrected chi connectivity index (χ3v) is 5.49. The van der Waals surface area contributed by atoms with Crippen LogP contribution in [0, 0.1) is 5.92 Å². The summed E-state index contributed by atoms with van der Waals surface area (Å²) in [6.07, 6.45) is -0.332. The molecular formula is C25H24ClN3O2. The number of anilines is 2. The van der Waals surface area contributed by atoms with Crippen molar-refractivity contribution in [3.63, 3.8) is 0 Å². The Bertz CT molecular complexity index is 1130. The molecule has 31 heavy (non-hydrogen) atoms. The summed E-state index contributed by atoms with van der Waals surface area (Å²) < 4.78 is 0. The van der Waals surface area contributed by atoms with Gasteiger partial charge in [0.25, 0.3) is 11.8 Å². The van der Waals surface area contributed by atoms with E-state index in [1.165, 1.54) is 0 Å². The molecule has 0 radical (unpaired) electrons. The Morgan fingerprint density at radius 3 is 2.58 bits per heavy atom. The molecule has 2 amide bonds. The molecule has 0 saturated heterocycles. The van der Waals surface area contributed by atoms with Gasteiger partial charge in [-0.15, -0.1) is 0 Å². The van der Waals surface area contributed by atoms with Crippen molar-refractivity contribution in [3.8, 4) is 0 Å². The summed E-state index contributed by atoms with van der Waals surface area (Å²) in [5.74, 6) is 0.0278. The summed E-state index contributed by atoms with van der Waals surface area (Å²) in [6.45, 7) is 4.79. The molecule has 1 heterocycles. The average molecular weight is 434 g/mol. The Labute approximate surface area is 187 Å². The second-order valence-corrected chi connectivity index (χ2v) is 8.41. The van der Waals surface area contributed by atoms with E-state index in [0.29, 0.717) is 34.3 Å². The lowest BCUT2D eigenvalue weighted by molar-refractivity contribution is 0.0657. The zero-order valence-corrected chi connectivity index (χ0v) is 18.2. The number of amides is 2. The maximum Gasteiger partial charge on any atom is 0.257 e. The molecule has 0 aliphatic carbocycles. The van der Waals surface area contributed by atoms with Crippen LogP contribution in [-0.4, -0.2) is 23.3 Å². The molecule has 3 aromatic rings. The lowest BCUT2D eigenvalue weighted by Crippen LogP contribution is -2.44. The summed E-state index contributed by atoms with van der Waals surface area (Å²) in [7, 11) is 0. The molecule has 6 heteroatoms. The Hall–Kier alpha value is -3.31. The molecule has 4 rings (SSSR count). The third-order valence-electron chi connectivity index (χ3n) is 5.16. The van der Waals surface area contributed by atoms with Crippen LogP contribution in [0.4, 0.5) is 11.4 Å². The number of nitrogens with one attached hydrogen (secondary N) is 2. The molecular weight excluding hydrogens is 410 g/mol. The number of halogens is 1. The van der Waals surface area contributed by atoms with Crippen molar-refractivity contribution in [3.05, 3.63) is 94.5 Å². The van der Waals surface area contributed by atoms with Gasteiger partial charge < -0.3 is 15.5 Å². The van der Waals surface area contributed by atoms with Crippen LogP contribution in [0.15, 0.2) is 72.8 Å². The van der Waals surface area contributed by atoms with Crippen molar-refractivity contribution in [2.75, 3.05) is 17.2 Å². The Morgan fingerprint density at radius 2 is 1.81 bits per heavy atom. The predicted molar refractivity (Wildman–Crippen MR) is 125 cm³/mol. The molecule has 1 unspecified atom stereocenters. The van der Waals surface area contributed by atoms with E-state index in [0.717, 1.165) is 11.3 Å². The van der Waals surface area contributed by atoms with Crippen molar-refractivity contribution < 1.29 is 9.59 Å². The van der Waals surface area contributed by atoms with E-state index >= 15 is 0 Å². The first-order valence-corrected chi connectivity index (χ1v) is 10.6. The van der Waals surface area contributed by atoms with Crippen molar-refractivity contribution in [2.24, 2.45) is 5.92 Å². The van der Waals surface area contributed by atoms with Gasteiger partial charge in [-0.3, -0.25) is 9.59 Å². The maximum atomic E-state index is 13.2. The van der Waals surface area contributed by atoms with Crippen LogP contribution in [0.3, 0.4) is 0 Å². The zero-order chi connectivity index (χ0) is 22.0. The van der Waals surface area contributed by atoms with E-state index < -0.39 is 0 Å². The fourth-order valence-electron chi connectivity index (χ4n) is 3.77. The van der Waals surface area contributed by atoms with Crippen LogP contribution in [-0.2, 0) is 0 Å². The Kier molecular flexibility index (Phi) is 5.96. The number of fused-ring (bicyclic) bond motifs is 1. The van der Waals surface area contributed by atoms with E-state index in [1.54, 1.807) is 24.3 Å². The highest BCUT2D eigenvalue weighted by atomic mass is 35.5. The average Bonchev–Trinajstić information content (AvgIpc) is 2.76. The number of para-hydroxylation sites is 1. The van der Waals surface area contributed by atoms with Crippen molar-refractivity contribution >= 4 is 34.8 Å².